The fourth-order valence-electron chi connectivity index (χ4n) is 1.61. The van der Waals surface area contributed by atoms with Crippen LogP contribution in [-0.4, -0.2) is 40.6 Å². The molecule has 0 fully saturated rings. The largest absolute Gasteiger partial charge is 0.481 e. The molecule has 7 nitrogen and oxygen atoms in total. The molecule has 0 aromatic heterocycles. The molecule has 0 bridgehead atoms. The number of nitrogens with two attached hydrogens (primary N) is 1. The Labute approximate surface area is 112 Å². The molecule has 0 aromatic carbocycles. The summed E-state index contributed by atoms with van der Waals surface area (Å²) < 4.78 is 0. The number of rotatable bonds is 9. The van der Waals surface area contributed by atoms with Crippen LogP contribution >= 0.6 is 0 Å². The van der Waals surface area contributed by atoms with Crippen molar-refractivity contribution in [2.45, 2.75) is 45.6 Å². The van der Waals surface area contributed by atoms with Gasteiger partial charge >= 0.3 is 11.9 Å². The van der Waals surface area contributed by atoms with Crippen LogP contribution in [0.15, 0.2) is 0 Å². The smallest absolute Gasteiger partial charge is 0.326 e. The van der Waals surface area contributed by atoms with E-state index in [0.717, 1.165) is 6.42 Å². The Morgan fingerprint density at radius 2 is 1.79 bits per heavy atom. The molecule has 1 amide bonds. The first-order valence-electron chi connectivity index (χ1n) is 6.12. The van der Waals surface area contributed by atoms with E-state index >= 15 is 0 Å². The lowest BCUT2D eigenvalue weighted by atomic mass is 9.84. The van der Waals surface area contributed by atoms with Crippen molar-refractivity contribution in [2.24, 2.45) is 11.1 Å². The maximum absolute atomic E-state index is 11.6. The van der Waals surface area contributed by atoms with Gasteiger partial charge in [0.25, 0.3) is 0 Å². The van der Waals surface area contributed by atoms with Crippen LogP contribution in [0.4, 0.5) is 0 Å². The molecule has 0 aromatic rings. The monoisotopic (exact) mass is 274 g/mol. The lowest BCUT2D eigenvalue weighted by Gasteiger charge is -2.23. The highest BCUT2D eigenvalue weighted by Gasteiger charge is 2.24. The predicted molar refractivity (Wildman–Crippen MR) is 68.5 cm³/mol. The molecule has 110 valence electrons. The van der Waals surface area contributed by atoms with Crippen molar-refractivity contribution in [3.63, 3.8) is 0 Å². The Balaban J connectivity index is 4.27. The summed E-state index contributed by atoms with van der Waals surface area (Å²) in [5, 5.41) is 19.5. The highest BCUT2D eigenvalue weighted by atomic mass is 16.4. The first-order valence-corrected chi connectivity index (χ1v) is 6.12. The molecule has 7 heteroatoms. The van der Waals surface area contributed by atoms with Gasteiger partial charge in [0.1, 0.15) is 6.04 Å². The van der Waals surface area contributed by atoms with E-state index in [1.807, 2.05) is 13.8 Å². The minimum absolute atomic E-state index is 0.0996. The van der Waals surface area contributed by atoms with Crippen LogP contribution in [0, 0.1) is 5.41 Å². The van der Waals surface area contributed by atoms with E-state index in [2.05, 4.69) is 5.32 Å². The third-order valence-corrected chi connectivity index (χ3v) is 2.86. The van der Waals surface area contributed by atoms with Crippen molar-refractivity contribution in [3.05, 3.63) is 0 Å². The van der Waals surface area contributed by atoms with Crippen LogP contribution < -0.4 is 11.1 Å². The van der Waals surface area contributed by atoms with E-state index in [9.17, 15) is 14.4 Å². The van der Waals surface area contributed by atoms with Crippen LogP contribution in [0.2, 0.25) is 0 Å². The molecule has 1 atom stereocenters. The molecule has 0 rings (SSSR count). The van der Waals surface area contributed by atoms with Gasteiger partial charge in [-0.15, -0.1) is 0 Å². The average molecular weight is 274 g/mol. The van der Waals surface area contributed by atoms with E-state index in [-0.39, 0.29) is 11.8 Å². The first kappa shape index (κ1) is 17.4. The van der Waals surface area contributed by atoms with E-state index in [1.165, 1.54) is 0 Å². The molecule has 19 heavy (non-hydrogen) atoms. The van der Waals surface area contributed by atoms with Gasteiger partial charge in [0.2, 0.25) is 5.91 Å². The fraction of sp³-hybridized carbons (Fsp3) is 0.750. The molecular weight excluding hydrogens is 252 g/mol. The molecule has 0 saturated heterocycles. The third kappa shape index (κ3) is 8.15. The van der Waals surface area contributed by atoms with Gasteiger partial charge in [-0.25, -0.2) is 4.79 Å². The molecule has 5 N–H and O–H groups in total. The number of carboxylic acids is 2. The molecule has 0 heterocycles. The number of carbonyl (C=O) groups excluding carboxylic acids is 1. The summed E-state index contributed by atoms with van der Waals surface area (Å²) in [6, 6.07) is -1.39. The van der Waals surface area contributed by atoms with Crippen LogP contribution in [0.25, 0.3) is 0 Å². The van der Waals surface area contributed by atoms with Crippen LogP contribution in [-0.2, 0) is 14.4 Å². The lowest BCUT2D eigenvalue weighted by molar-refractivity contribution is -0.147. The van der Waals surface area contributed by atoms with Crippen LogP contribution in [0.3, 0.4) is 0 Å². The van der Waals surface area contributed by atoms with Gasteiger partial charge in [0.05, 0.1) is 6.42 Å². The fourth-order valence-corrected chi connectivity index (χ4v) is 1.61. The van der Waals surface area contributed by atoms with Crippen molar-refractivity contribution in [1.29, 1.82) is 0 Å². The second kappa shape index (κ2) is 7.73. The van der Waals surface area contributed by atoms with Gasteiger partial charge in [-0.3, -0.25) is 9.59 Å². The van der Waals surface area contributed by atoms with Gasteiger partial charge in [0.15, 0.2) is 0 Å². The molecule has 0 saturated carbocycles. The summed E-state index contributed by atoms with van der Waals surface area (Å²) in [5.41, 5.74) is 5.35. The van der Waals surface area contributed by atoms with Gasteiger partial charge in [-0.05, 0) is 24.8 Å². The molecule has 0 aliphatic carbocycles. The number of aliphatic carboxylic acids is 2. The second-order valence-corrected chi connectivity index (χ2v) is 5.26. The summed E-state index contributed by atoms with van der Waals surface area (Å²) in [6.07, 6.45) is 0.844. The summed E-state index contributed by atoms with van der Waals surface area (Å²) in [7, 11) is 0. The molecule has 1 unspecified atom stereocenters. The van der Waals surface area contributed by atoms with Crippen LogP contribution in [0.1, 0.15) is 39.5 Å². The minimum Gasteiger partial charge on any atom is -0.481 e. The predicted octanol–water partition coefficient (Wildman–Crippen LogP) is 0.186. The summed E-state index contributed by atoms with van der Waals surface area (Å²) >= 11 is 0. The van der Waals surface area contributed by atoms with Crippen molar-refractivity contribution < 1.29 is 24.6 Å². The topological polar surface area (TPSA) is 130 Å². The Kier molecular flexibility index (Phi) is 7.06. The van der Waals surface area contributed by atoms with Gasteiger partial charge in [-0.1, -0.05) is 13.8 Å². The van der Waals surface area contributed by atoms with Gasteiger partial charge < -0.3 is 21.3 Å². The SMILES string of the molecule is CC(C)(CCN)CCC(=O)NC(CC(=O)O)C(=O)O. The first-order chi connectivity index (χ1) is 8.68. The Morgan fingerprint density at radius 3 is 2.21 bits per heavy atom. The van der Waals surface area contributed by atoms with E-state index in [4.69, 9.17) is 15.9 Å². The zero-order valence-electron chi connectivity index (χ0n) is 11.3. The minimum atomic E-state index is -1.39. The highest BCUT2D eigenvalue weighted by molar-refractivity contribution is 5.86. The van der Waals surface area contributed by atoms with Crippen molar-refractivity contribution in [3.8, 4) is 0 Å². The normalized spacial score (nSPS) is 12.8. The third-order valence-electron chi connectivity index (χ3n) is 2.86. The average Bonchev–Trinajstić information content (AvgIpc) is 2.25. The maximum atomic E-state index is 11.6. The van der Waals surface area contributed by atoms with Crippen molar-refractivity contribution in [2.75, 3.05) is 6.54 Å². The molecular formula is C12H22N2O5. The van der Waals surface area contributed by atoms with Crippen molar-refractivity contribution in [1.82, 2.24) is 5.32 Å². The number of hydrogen-bond acceptors (Lipinski definition) is 4. The molecule has 0 aliphatic rings. The Hall–Kier alpha value is -1.63. The maximum Gasteiger partial charge on any atom is 0.326 e. The van der Waals surface area contributed by atoms with Crippen LogP contribution in [0.5, 0.6) is 0 Å². The standard InChI is InChI=1S/C12H22N2O5/c1-12(2,5-6-13)4-3-9(15)14-8(11(18)19)7-10(16)17/h8H,3-7,13H2,1-2H3,(H,14,15)(H,16,17)(H,18,19). The molecule has 0 spiro atoms. The summed E-state index contributed by atoms with van der Waals surface area (Å²) in [4.78, 5) is 32.8. The second-order valence-electron chi connectivity index (χ2n) is 5.26. The lowest BCUT2D eigenvalue weighted by Crippen LogP contribution is -2.42. The number of carboxylic acid groups (broad SMARTS) is 2. The number of carbonyl (C=O) groups is 3. The quantitative estimate of drug-likeness (QED) is 0.474. The summed E-state index contributed by atoms with van der Waals surface area (Å²) in [5.74, 6) is -3.08. The highest BCUT2D eigenvalue weighted by Crippen LogP contribution is 2.25. The van der Waals surface area contributed by atoms with Crippen molar-refractivity contribution >= 4 is 17.8 Å². The van der Waals surface area contributed by atoms with E-state index in [1.54, 1.807) is 0 Å². The molecule has 0 radical (unpaired) electrons. The van der Waals surface area contributed by atoms with Gasteiger partial charge in [0, 0.05) is 6.42 Å². The Morgan fingerprint density at radius 1 is 1.21 bits per heavy atom. The zero-order valence-corrected chi connectivity index (χ0v) is 11.3. The van der Waals surface area contributed by atoms with E-state index < -0.39 is 30.3 Å². The Bertz CT molecular complexity index is 341. The summed E-state index contributed by atoms with van der Waals surface area (Å²) in [6.45, 7) is 4.46. The number of amides is 1. The number of hydrogen-bond donors (Lipinski definition) is 4. The van der Waals surface area contributed by atoms with Gasteiger partial charge in [-0.2, -0.15) is 0 Å². The molecule has 0 aliphatic heterocycles. The zero-order chi connectivity index (χ0) is 15.1. The van der Waals surface area contributed by atoms with E-state index in [0.29, 0.717) is 13.0 Å². The number of nitrogens with one attached hydrogen (secondary N) is 1.